The summed E-state index contributed by atoms with van der Waals surface area (Å²) < 4.78 is 20.8. The van der Waals surface area contributed by atoms with E-state index in [0.717, 1.165) is 5.56 Å². The Morgan fingerprint density at radius 2 is 1.83 bits per heavy atom. The Hall–Kier alpha value is -3.38. The fourth-order valence-corrected chi connectivity index (χ4v) is 3.11. The van der Waals surface area contributed by atoms with E-state index in [1.54, 1.807) is 31.2 Å². The molecule has 2 aromatic heterocycles. The highest BCUT2D eigenvalue weighted by Gasteiger charge is 2.17. The number of fused-ring (bicyclic) bond motifs is 1. The molecule has 7 heteroatoms. The maximum atomic E-state index is 13.6. The number of imidazole rings is 1. The zero-order valence-electron chi connectivity index (χ0n) is 15.5. The van der Waals surface area contributed by atoms with Crippen molar-refractivity contribution in [3.63, 3.8) is 0 Å². The third-order valence-electron chi connectivity index (χ3n) is 4.40. The fourth-order valence-electron chi connectivity index (χ4n) is 2.98. The molecule has 0 aliphatic carbocycles. The number of carbonyl (C=O) groups is 1. The van der Waals surface area contributed by atoms with Gasteiger partial charge in [0.15, 0.2) is 0 Å². The molecule has 0 unspecified atom stereocenters. The van der Waals surface area contributed by atoms with Crippen LogP contribution in [0.5, 0.6) is 5.75 Å². The second-order valence-corrected chi connectivity index (χ2v) is 6.95. The van der Waals surface area contributed by atoms with Gasteiger partial charge in [-0.15, -0.1) is 0 Å². The van der Waals surface area contributed by atoms with Crippen molar-refractivity contribution in [3.8, 4) is 5.75 Å². The van der Waals surface area contributed by atoms with Gasteiger partial charge in [-0.1, -0.05) is 23.7 Å². The second-order valence-electron chi connectivity index (χ2n) is 6.51. The third kappa shape index (κ3) is 4.22. The Morgan fingerprint density at radius 1 is 1.10 bits per heavy atom. The molecule has 0 aliphatic heterocycles. The van der Waals surface area contributed by atoms with Crippen LogP contribution in [-0.4, -0.2) is 15.3 Å². The molecule has 0 saturated heterocycles. The quantitative estimate of drug-likeness (QED) is 0.488. The number of pyridine rings is 1. The molecule has 0 bridgehead atoms. The minimum absolute atomic E-state index is 0.294. The lowest BCUT2D eigenvalue weighted by atomic mass is 10.2. The highest BCUT2D eigenvalue weighted by Crippen LogP contribution is 2.20. The first-order valence-electron chi connectivity index (χ1n) is 8.92. The van der Waals surface area contributed by atoms with Crippen molar-refractivity contribution >= 4 is 28.8 Å². The van der Waals surface area contributed by atoms with Crippen molar-refractivity contribution in [1.29, 1.82) is 0 Å². The maximum Gasteiger partial charge on any atom is 0.274 e. The van der Waals surface area contributed by atoms with Gasteiger partial charge in [-0.25, -0.2) is 9.37 Å². The molecule has 0 fully saturated rings. The summed E-state index contributed by atoms with van der Waals surface area (Å²) in [5, 5.41) is 3.49. The zero-order valence-corrected chi connectivity index (χ0v) is 16.3. The van der Waals surface area contributed by atoms with Gasteiger partial charge in [0.05, 0.1) is 5.69 Å². The summed E-state index contributed by atoms with van der Waals surface area (Å²) in [5.41, 5.74) is 2.93. The van der Waals surface area contributed by atoms with Crippen molar-refractivity contribution < 1.29 is 13.9 Å². The summed E-state index contributed by atoms with van der Waals surface area (Å²) in [6.45, 7) is 2.13. The Kier molecular flexibility index (Phi) is 5.18. The van der Waals surface area contributed by atoms with Crippen LogP contribution < -0.4 is 10.1 Å². The van der Waals surface area contributed by atoms with Crippen LogP contribution in [0.4, 0.5) is 10.1 Å². The number of nitrogens with zero attached hydrogens (tertiary/aromatic N) is 2. The average Bonchev–Trinajstić information content (AvgIpc) is 3.03. The van der Waals surface area contributed by atoms with E-state index in [-0.39, 0.29) is 5.91 Å². The van der Waals surface area contributed by atoms with Crippen LogP contribution in [0.15, 0.2) is 66.9 Å². The standard InChI is InChI=1S/C22H17ClFN3O2/c1-14-21(27-12-17(24)6-11-20(27)25-14)22(28)26-18-7-9-19(10-8-18)29-13-15-2-4-16(23)5-3-15/h2-12H,13H2,1H3,(H,26,28). The lowest BCUT2D eigenvalue weighted by Gasteiger charge is -2.09. The van der Waals surface area contributed by atoms with Crippen LogP contribution >= 0.6 is 11.6 Å². The van der Waals surface area contributed by atoms with Gasteiger partial charge in [-0.2, -0.15) is 0 Å². The molecular formula is C22H17ClFN3O2. The zero-order chi connectivity index (χ0) is 20.4. The van der Waals surface area contributed by atoms with E-state index >= 15 is 0 Å². The van der Waals surface area contributed by atoms with Crippen LogP contribution in [0.3, 0.4) is 0 Å². The molecule has 0 spiro atoms. The SMILES string of the molecule is Cc1nc2ccc(F)cn2c1C(=O)Nc1ccc(OCc2ccc(Cl)cc2)cc1. The number of rotatable bonds is 5. The first kappa shape index (κ1) is 19.0. The molecule has 1 amide bonds. The van der Waals surface area contributed by atoms with E-state index in [1.165, 1.54) is 22.7 Å². The minimum atomic E-state index is -0.439. The molecule has 29 heavy (non-hydrogen) atoms. The van der Waals surface area contributed by atoms with Gasteiger partial charge < -0.3 is 10.1 Å². The van der Waals surface area contributed by atoms with Gasteiger partial charge in [0.25, 0.3) is 5.91 Å². The number of hydrogen-bond acceptors (Lipinski definition) is 3. The number of carbonyl (C=O) groups excluding carboxylic acids is 1. The number of benzene rings is 2. The van der Waals surface area contributed by atoms with E-state index in [4.69, 9.17) is 16.3 Å². The third-order valence-corrected chi connectivity index (χ3v) is 4.65. The van der Waals surface area contributed by atoms with Crippen molar-refractivity contribution in [2.45, 2.75) is 13.5 Å². The number of ether oxygens (including phenoxy) is 1. The molecule has 0 saturated carbocycles. The van der Waals surface area contributed by atoms with E-state index in [0.29, 0.717) is 40.1 Å². The smallest absolute Gasteiger partial charge is 0.274 e. The predicted octanol–water partition coefficient (Wildman–Crippen LogP) is 5.27. The van der Waals surface area contributed by atoms with E-state index < -0.39 is 5.82 Å². The van der Waals surface area contributed by atoms with Gasteiger partial charge in [-0.3, -0.25) is 9.20 Å². The number of aryl methyl sites for hydroxylation is 1. The van der Waals surface area contributed by atoms with Gasteiger partial charge in [0.1, 0.15) is 29.5 Å². The van der Waals surface area contributed by atoms with Gasteiger partial charge in [0, 0.05) is 16.9 Å². The van der Waals surface area contributed by atoms with Gasteiger partial charge >= 0.3 is 0 Å². The number of nitrogens with one attached hydrogen (secondary N) is 1. The van der Waals surface area contributed by atoms with Crippen molar-refractivity contribution in [2.24, 2.45) is 0 Å². The highest BCUT2D eigenvalue weighted by molar-refractivity contribution is 6.30. The molecule has 0 atom stereocenters. The molecular weight excluding hydrogens is 393 g/mol. The minimum Gasteiger partial charge on any atom is -0.489 e. The number of hydrogen-bond donors (Lipinski definition) is 1. The highest BCUT2D eigenvalue weighted by atomic mass is 35.5. The monoisotopic (exact) mass is 409 g/mol. The van der Waals surface area contributed by atoms with E-state index in [9.17, 15) is 9.18 Å². The first-order valence-corrected chi connectivity index (χ1v) is 9.30. The number of aromatic nitrogens is 2. The van der Waals surface area contributed by atoms with E-state index in [1.807, 2.05) is 24.3 Å². The molecule has 0 aliphatic rings. The lowest BCUT2D eigenvalue weighted by molar-refractivity contribution is 0.102. The van der Waals surface area contributed by atoms with Crippen molar-refractivity contribution in [1.82, 2.24) is 9.38 Å². The number of halogens is 2. The molecule has 5 nitrogen and oxygen atoms in total. The summed E-state index contributed by atoms with van der Waals surface area (Å²) in [7, 11) is 0. The molecule has 1 N–H and O–H groups in total. The Labute approximate surface area is 171 Å². The Bertz CT molecular complexity index is 1170. The van der Waals surface area contributed by atoms with Gasteiger partial charge in [0.2, 0.25) is 0 Å². The van der Waals surface area contributed by atoms with Crippen LogP contribution in [-0.2, 0) is 6.61 Å². The molecule has 4 rings (SSSR count). The summed E-state index contributed by atoms with van der Waals surface area (Å²) in [6, 6.07) is 17.3. The summed E-state index contributed by atoms with van der Waals surface area (Å²) in [4.78, 5) is 17.0. The normalized spacial score (nSPS) is 10.9. The molecule has 2 aromatic carbocycles. The van der Waals surface area contributed by atoms with Crippen molar-refractivity contribution in [3.05, 3.63) is 94.7 Å². The maximum absolute atomic E-state index is 13.6. The molecule has 2 heterocycles. The predicted molar refractivity (Wildman–Crippen MR) is 110 cm³/mol. The fraction of sp³-hybridized carbons (Fsp3) is 0.0909. The van der Waals surface area contributed by atoms with Crippen LogP contribution in [0, 0.1) is 12.7 Å². The lowest BCUT2D eigenvalue weighted by Crippen LogP contribution is -2.15. The molecule has 146 valence electrons. The van der Waals surface area contributed by atoms with E-state index in [2.05, 4.69) is 10.3 Å². The van der Waals surface area contributed by atoms with Crippen LogP contribution in [0.1, 0.15) is 21.7 Å². The summed E-state index contributed by atoms with van der Waals surface area (Å²) >= 11 is 5.88. The summed E-state index contributed by atoms with van der Waals surface area (Å²) in [6.07, 6.45) is 1.25. The molecule has 4 aromatic rings. The van der Waals surface area contributed by atoms with Crippen LogP contribution in [0.2, 0.25) is 5.02 Å². The topological polar surface area (TPSA) is 55.6 Å². The average molecular weight is 410 g/mol. The first-order chi connectivity index (χ1) is 14.0. The Morgan fingerprint density at radius 3 is 2.55 bits per heavy atom. The number of anilines is 1. The van der Waals surface area contributed by atoms with Crippen LogP contribution in [0.25, 0.3) is 5.65 Å². The largest absolute Gasteiger partial charge is 0.489 e. The Balaban J connectivity index is 1.45. The van der Waals surface area contributed by atoms with Gasteiger partial charge in [-0.05, 0) is 61.0 Å². The van der Waals surface area contributed by atoms with Crippen molar-refractivity contribution in [2.75, 3.05) is 5.32 Å². The second kappa shape index (κ2) is 7.93. The molecule has 0 radical (unpaired) electrons. The summed E-state index contributed by atoms with van der Waals surface area (Å²) in [5.74, 6) is -0.132. The number of amides is 1.